The molecule has 246 valence electrons. The Kier molecular flexibility index (Phi) is 11.6. The molecule has 3 amide bonds. The van der Waals surface area contributed by atoms with Gasteiger partial charge in [-0.2, -0.15) is 0 Å². The Balaban J connectivity index is 1.64. The summed E-state index contributed by atoms with van der Waals surface area (Å²) in [6, 6.07) is 7.79. The number of rotatable bonds is 17. The fourth-order valence-corrected chi connectivity index (χ4v) is 7.34. The van der Waals surface area contributed by atoms with Crippen LogP contribution in [0.5, 0.6) is 0 Å². The highest BCUT2D eigenvalue weighted by atomic mass is 16.6. The van der Waals surface area contributed by atoms with E-state index in [0.717, 1.165) is 24.8 Å². The molecule has 0 saturated carbocycles. The lowest BCUT2D eigenvalue weighted by atomic mass is 9.70. The van der Waals surface area contributed by atoms with Crippen LogP contribution in [0, 0.1) is 11.8 Å². The van der Waals surface area contributed by atoms with Gasteiger partial charge in [-0.3, -0.25) is 19.2 Å². The number of carbonyl (C=O) groups excluding carboxylic acids is 4. The fourth-order valence-electron chi connectivity index (χ4n) is 7.34. The molecule has 1 N–H and O–H groups in total. The molecule has 3 aliphatic heterocycles. The quantitative estimate of drug-likeness (QED) is 0.160. The lowest BCUT2D eigenvalue weighted by molar-refractivity contribution is -0.164. The fraction of sp³-hybridized carbons (Fsp3) is 0.600. The summed E-state index contributed by atoms with van der Waals surface area (Å²) in [5.74, 6) is -3.14. The predicted octanol–water partition coefficient (Wildman–Crippen LogP) is 3.66. The molecule has 3 aliphatic rings. The van der Waals surface area contributed by atoms with E-state index in [4.69, 9.17) is 9.47 Å². The molecule has 3 fully saturated rings. The molecule has 45 heavy (non-hydrogen) atoms. The molecule has 7 atom stereocenters. The van der Waals surface area contributed by atoms with E-state index in [1.165, 1.54) is 4.90 Å². The number of hydrogen-bond donors (Lipinski definition) is 1. The van der Waals surface area contributed by atoms with Gasteiger partial charge in [0.2, 0.25) is 17.7 Å². The highest BCUT2D eigenvalue weighted by Crippen LogP contribution is 2.59. The van der Waals surface area contributed by atoms with Crippen LogP contribution in [0.2, 0.25) is 0 Å². The minimum absolute atomic E-state index is 0.0402. The number of fused-ring (bicyclic) bond motifs is 1. The summed E-state index contributed by atoms with van der Waals surface area (Å²) in [4.78, 5) is 60.1. The number of likely N-dealkylation sites (tertiary alicyclic amines) is 1. The molecular formula is C35H49N3O7. The van der Waals surface area contributed by atoms with Gasteiger partial charge in [0, 0.05) is 33.1 Å². The summed E-state index contributed by atoms with van der Waals surface area (Å²) in [5, 5.41) is 9.92. The molecule has 3 heterocycles. The van der Waals surface area contributed by atoms with Crippen LogP contribution in [0.25, 0.3) is 0 Å². The first kappa shape index (κ1) is 34.4. The Hall–Kier alpha value is -3.50. The Morgan fingerprint density at radius 2 is 1.93 bits per heavy atom. The molecule has 10 nitrogen and oxygen atoms in total. The van der Waals surface area contributed by atoms with Crippen LogP contribution in [0.1, 0.15) is 70.5 Å². The molecule has 1 spiro atoms. The van der Waals surface area contributed by atoms with Gasteiger partial charge >= 0.3 is 5.97 Å². The van der Waals surface area contributed by atoms with Gasteiger partial charge in [0.1, 0.15) is 17.7 Å². The third-order valence-electron chi connectivity index (χ3n) is 9.72. The van der Waals surface area contributed by atoms with Gasteiger partial charge in [0.05, 0.1) is 30.6 Å². The number of β-amino-alcohol motifs (C(OH)–C–C–N with tert-alkyl or cyclic N) is 1. The number of unbranched alkanes of at least 4 members (excludes halogenated alkanes) is 2. The lowest BCUT2D eigenvalue weighted by Crippen LogP contribution is -2.56. The van der Waals surface area contributed by atoms with Crippen LogP contribution >= 0.6 is 0 Å². The highest BCUT2D eigenvalue weighted by molar-refractivity contribution is 5.98. The van der Waals surface area contributed by atoms with E-state index in [1.54, 1.807) is 29.0 Å². The second-order valence-corrected chi connectivity index (χ2v) is 12.4. The number of aliphatic hydroxyl groups is 1. The van der Waals surface area contributed by atoms with E-state index in [9.17, 15) is 24.3 Å². The zero-order valence-electron chi connectivity index (χ0n) is 26.9. The van der Waals surface area contributed by atoms with Crippen LogP contribution in [0.3, 0.4) is 0 Å². The zero-order valence-corrected chi connectivity index (χ0v) is 26.9. The molecule has 1 aromatic rings. The van der Waals surface area contributed by atoms with Crippen molar-refractivity contribution >= 4 is 23.7 Å². The Bertz CT molecular complexity index is 1240. The molecule has 0 radical (unpaired) electrons. The topological polar surface area (TPSA) is 117 Å². The number of aliphatic hydroxyl groups excluding tert-OH is 1. The first-order valence-electron chi connectivity index (χ1n) is 16.3. The molecule has 4 rings (SSSR count). The number of hydrogen-bond acceptors (Lipinski definition) is 7. The molecular weight excluding hydrogens is 574 g/mol. The SMILES string of the molecule is C=CCCC(=O)N(C)[C@H](C)[C@H](OC(=O)[C@@H]1[C@@H]2CC[C@]3(O2)[C@H](C(=O)N(CC=C)CCCCC)N(CCO)C(=O)[C@@H]13)c1ccccc1. The Labute approximate surface area is 267 Å². The molecule has 0 aromatic heterocycles. The normalized spacial score (nSPS) is 26.2. The van der Waals surface area contributed by atoms with Gasteiger partial charge in [-0.15, -0.1) is 13.2 Å². The molecule has 1 aromatic carbocycles. The molecule has 2 bridgehead atoms. The van der Waals surface area contributed by atoms with Crippen LogP contribution in [-0.4, -0.2) is 101 Å². The number of benzene rings is 1. The summed E-state index contributed by atoms with van der Waals surface area (Å²) >= 11 is 0. The van der Waals surface area contributed by atoms with Crippen LogP contribution in [0.15, 0.2) is 55.6 Å². The Morgan fingerprint density at radius 3 is 2.58 bits per heavy atom. The number of carbonyl (C=O) groups is 4. The van der Waals surface area contributed by atoms with E-state index in [2.05, 4.69) is 20.1 Å². The number of ether oxygens (including phenoxy) is 2. The van der Waals surface area contributed by atoms with Gasteiger partial charge < -0.3 is 29.3 Å². The van der Waals surface area contributed by atoms with Crippen molar-refractivity contribution in [3.63, 3.8) is 0 Å². The van der Waals surface area contributed by atoms with Crippen molar-refractivity contribution in [1.29, 1.82) is 0 Å². The molecule has 0 aliphatic carbocycles. The first-order valence-corrected chi connectivity index (χ1v) is 16.3. The van der Waals surface area contributed by atoms with E-state index in [1.807, 2.05) is 37.3 Å². The summed E-state index contributed by atoms with van der Waals surface area (Å²) in [7, 11) is 1.69. The maximum atomic E-state index is 14.2. The second kappa shape index (κ2) is 15.2. The molecule has 3 saturated heterocycles. The zero-order chi connectivity index (χ0) is 32.7. The van der Waals surface area contributed by atoms with Gasteiger partial charge in [-0.25, -0.2) is 0 Å². The van der Waals surface area contributed by atoms with E-state index in [0.29, 0.717) is 32.4 Å². The van der Waals surface area contributed by atoms with E-state index >= 15 is 0 Å². The van der Waals surface area contributed by atoms with Crippen LogP contribution in [0.4, 0.5) is 0 Å². The number of likely N-dealkylation sites (N-methyl/N-ethyl adjacent to an activating group) is 1. The maximum absolute atomic E-state index is 14.2. The maximum Gasteiger partial charge on any atom is 0.313 e. The summed E-state index contributed by atoms with van der Waals surface area (Å²) in [6.07, 6.45) is 6.53. The van der Waals surface area contributed by atoms with Crippen molar-refractivity contribution in [2.75, 3.05) is 33.3 Å². The number of amides is 3. The van der Waals surface area contributed by atoms with Gasteiger partial charge in [0.25, 0.3) is 0 Å². The average Bonchev–Trinajstić information content (AvgIpc) is 3.69. The van der Waals surface area contributed by atoms with E-state index < -0.39 is 47.7 Å². The van der Waals surface area contributed by atoms with Crippen molar-refractivity contribution < 1.29 is 33.8 Å². The highest BCUT2D eigenvalue weighted by Gasteiger charge is 2.75. The number of esters is 1. The lowest BCUT2D eigenvalue weighted by Gasteiger charge is -2.36. The van der Waals surface area contributed by atoms with Crippen molar-refractivity contribution in [3.8, 4) is 0 Å². The molecule has 10 heteroatoms. The van der Waals surface area contributed by atoms with Crippen molar-refractivity contribution in [1.82, 2.24) is 14.7 Å². The minimum Gasteiger partial charge on any atom is -0.455 e. The largest absolute Gasteiger partial charge is 0.455 e. The van der Waals surface area contributed by atoms with Crippen LogP contribution < -0.4 is 0 Å². The molecule has 0 unspecified atom stereocenters. The van der Waals surface area contributed by atoms with Gasteiger partial charge in [-0.05, 0) is 38.2 Å². The Morgan fingerprint density at radius 1 is 1.20 bits per heavy atom. The predicted molar refractivity (Wildman–Crippen MR) is 170 cm³/mol. The monoisotopic (exact) mass is 623 g/mol. The summed E-state index contributed by atoms with van der Waals surface area (Å²) in [5.41, 5.74) is -0.465. The van der Waals surface area contributed by atoms with Gasteiger partial charge in [0.15, 0.2) is 0 Å². The second-order valence-electron chi connectivity index (χ2n) is 12.4. The van der Waals surface area contributed by atoms with Gasteiger partial charge in [-0.1, -0.05) is 62.2 Å². The third kappa shape index (κ3) is 6.72. The first-order chi connectivity index (χ1) is 21.7. The minimum atomic E-state index is -1.19. The third-order valence-corrected chi connectivity index (χ3v) is 9.72. The number of nitrogens with zero attached hydrogens (tertiary/aromatic N) is 3. The van der Waals surface area contributed by atoms with E-state index in [-0.39, 0.29) is 37.3 Å². The van der Waals surface area contributed by atoms with Crippen molar-refractivity contribution in [3.05, 3.63) is 61.2 Å². The smallest absolute Gasteiger partial charge is 0.313 e. The summed E-state index contributed by atoms with van der Waals surface area (Å²) in [6.45, 7) is 11.9. The average molecular weight is 624 g/mol. The summed E-state index contributed by atoms with van der Waals surface area (Å²) < 4.78 is 12.8. The van der Waals surface area contributed by atoms with Crippen LogP contribution in [-0.2, 0) is 28.7 Å². The standard InChI is InChI=1S/C35H49N3O7/c1-6-9-14-21-37(20-8-3)33(42)31-35-19-18-26(45-35)28(29(35)32(41)38(31)22-23-39)34(43)44-30(25-15-12-11-13-16-25)24(4)36(5)27(40)17-10-7-2/h7-8,11-13,15-16,24,26,28-31,39H,2-3,6,9-10,14,17-23H2,1,4-5H3/t24-,26+,28-,29-,30+,31+,35-/m1/s1. The number of allylic oxidation sites excluding steroid dienone is 1. The van der Waals surface area contributed by atoms with Crippen molar-refractivity contribution in [2.45, 2.75) is 88.7 Å². The van der Waals surface area contributed by atoms with Crippen molar-refractivity contribution in [2.24, 2.45) is 11.8 Å².